The Hall–Kier alpha value is -3.01. The van der Waals surface area contributed by atoms with Crippen LogP contribution >= 0.6 is 0 Å². The number of quaternary nitrogens is 1. The van der Waals surface area contributed by atoms with E-state index in [1.54, 1.807) is 54.6 Å². The van der Waals surface area contributed by atoms with E-state index >= 15 is 0 Å². The van der Waals surface area contributed by atoms with Crippen LogP contribution < -0.4 is 22.3 Å². The molecule has 2 heterocycles. The first kappa shape index (κ1) is 26.6. The van der Waals surface area contributed by atoms with Gasteiger partial charge in [0, 0.05) is 12.0 Å². The smallest absolute Gasteiger partial charge is 0.347 e. The number of aliphatic hydroxyl groups is 1. The van der Waals surface area contributed by atoms with E-state index in [2.05, 4.69) is 10.5 Å². The van der Waals surface area contributed by atoms with Crippen LogP contribution in [0, 0.1) is 5.92 Å². The zero-order valence-electron chi connectivity index (χ0n) is 19.6. The van der Waals surface area contributed by atoms with Gasteiger partial charge in [-0.15, -0.1) is 0 Å². The van der Waals surface area contributed by atoms with Crippen molar-refractivity contribution in [1.82, 2.24) is 5.16 Å². The summed E-state index contributed by atoms with van der Waals surface area (Å²) in [5.41, 5.74) is -0.979. The number of ether oxygens (including phenoxy) is 1. The van der Waals surface area contributed by atoms with Crippen molar-refractivity contribution < 1.29 is 45.4 Å². The second-order valence-electron chi connectivity index (χ2n) is 9.17. The molecule has 0 aliphatic carbocycles. The lowest BCUT2D eigenvalue weighted by Crippen LogP contribution is -3.00. The number of amides is 1. The first-order valence-corrected chi connectivity index (χ1v) is 11.4. The summed E-state index contributed by atoms with van der Waals surface area (Å²) in [5.74, 6) is -0.372. The maximum absolute atomic E-state index is 13.3. The maximum Gasteiger partial charge on any atom is 0.347 e. The van der Waals surface area contributed by atoms with Crippen molar-refractivity contribution in [1.29, 1.82) is 0 Å². The summed E-state index contributed by atoms with van der Waals surface area (Å²) in [6, 6.07) is 19.3. The molecule has 1 saturated heterocycles. The molecule has 1 aliphatic rings. The molecule has 0 spiro atoms. The van der Waals surface area contributed by atoms with E-state index in [9.17, 15) is 14.7 Å². The number of piperidine rings is 1. The molecule has 1 aromatic heterocycles. The lowest BCUT2D eigenvalue weighted by atomic mass is 9.86. The Morgan fingerprint density at radius 1 is 1.11 bits per heavy atom. The molecule has 1 aliphatic heterocycles. The zero-order chi connectivity index (χ0) is 24.0. The third-order valence-electron chi connectivity index (χ3n) is 6.37. The highest BCUT2D eigenvalue weighted by Gasteiger charge is 2.42. The van der Waals surface area contributed by atoms with Crippen LogP contribution in [-0.4, -0.2) is 59.9 Å². The molecular weight excluding hydrogens is 514 g/mol. The molecule has 35 heavy (non-hydrogen) atoms. The fraction of sp³-hybridized carbons (Fsp3) is 0.346. The summed E-state index contributed by atoms with van der Waals surface area (Å²) in [5, 5.41) is 18.0. The van der Waals surface area contributed by atoms with Crippen molar-refractivity contribution in [2.45, 2.75) is 18.4 Å². The number of likely N-dealkylation sites (N-methyl/N-ethyl adjacent to an activating group) is 1. The molecule has 1 unspecified atom stereocenters. The van der Waals surface area contributed by atoms with Gasteiger partial charge in [0.2, 0.25) is 5.60 Å². The molecule has 186 valence electrons. The third kappa shape index (κ3) is 6.36. The molecule has 2 N–H and O–H groups in total. The molecule has 8 nitrogen and oxygen atoms in total. The van der Waals surface area contributed by atoms with Crippen LogP contribution in [0.1, 0.15) is 24.0 Å². The van der Waals surface area contributed by atoms with E-state index in [1.807, 2.05) is 19.2 Å². The lowest BCUT2D eigenvalue weighted by Gasteiger charge is -2.40. The highest BCUT2D eigenvalue weighted by Crippen LogP contribution is 2.32. The fourth-order valence-corrected chi connectivity index (χ4v) is 4.71. The number of likely N-dealkylation sites (tertiary alicyclic amines) is 1. The number of esters is 1. The number of hydrogen-bond acceptors (Lipinski definition) is 6. The number of aromatic nitrogens is 1. The van der Waals surface area contributed by atoms with Crippen LogP contribution in [0.5, 0.6) is 0 Å². The van der Waals surface area contributed by atoms with Crippen LogP contribution in [-0.2, 0) is 19.9 Å². The minimum atomic E-state index is -1.90. The summed E-state index contributed by atoms with van der Waals surface area (Å²) in [6.45, 7) is 2.01. The summed E-state index contributed by atoms with van der Waals surface area (Å²) in [6.07, 6.45) is 3.21. The van der Waals surface area contributed by atoms with Crippen molar-refractivity contribution in [3.63, 3.8) is 0 Å². The van der Waals surface area contributed by atoms with E-state index in [-0.39, 0.29) is 42.0 Å². The number of hydrogen-bond donors (Lipinski definition) is 2. The topological polar surface area (TPSA) is 102 Å². The number of benzene rings is 2. The standard InChI is InChI=1S/C26H29N3O5.BrH/c1-29(18-24(30)27-23-14-16-34-28-23)15-8-9-20(17-29)19-33-25(31)26(32,21-10-4-2-5-11-21)22-12-6-3-7-13-22;/h2-7,10-14,16,20,32H,8-9,15,17-19H2,1H3;1H/t20?,29-;/m1./s1. The Kier molecular flexibility index (Phi) is 8.82. The van der Waals surface area contributed by atoms with Gasteiger partial charge in [0.05, 0.1) is 26.7 Å². The monoisotopic (exact) mass is 543 g/mol. The van der Waals surface area contributed by atoms with Gasteiger partial charge in [0.1, 0.15) is 6.26 Å². The normalized spacial score (nSPS) is 19.9. The molecule has 0 radical (unpaired) electrons. The Balaban J connectivity index is 0.00000342. The first-order chi connectivity index (χ1) is 16.4. The van der Waals surface area contributed by atoms with Crippen molar-refractivity contribution in [3.8, 4) is 0 Å². The van der Waals surface area contributed by atoms with Gasteiger partial charge in [-0.05, 0) is 24.0 Å². The molecule has 2 atom stereocenters. The van der Waals surface area contributed by atoms with Gasteiger partial charge in [0.15, 0.2) is 12.4 Å². The number of carbonyl (C=O) groups is 2. The SMILES string of the molecule is C[N@@+]1(CC(=O)Nc2ccon2)CCCC(COC(=O)C(O)(c2ccccc2)c2ccccc2)C1.[Br-]. The quantitative estimate of drug-likeness (QED) is 0.305. The molecule has 1 amide bonds. The van der Waals surface area contributed by atoms with E-state index in [0.717, 1.165) is 19.4 Å². The Bertz CT molecular complexity index is 1060. The summed E-state index contributed by atoms with van der Waals surface area (Å²) in [4.78, 5) is 25.7. The maximum atomic E-state index is 13.3. The fourth-order valence-electron chi connectivity index (χ4n) is 4.71. The first-order valence-electron chi connectivity index (χ1n) is 11.4. The van der Waals surface area contributed by atoms with Crippen molar-refractivity contribution in [3.05, 3.63) is 84.1 Å². The number of carbonyl (C=O) groups excluding carboxylic acids is 2. The second kappa shape index (κ2) is 11.6. The van der Waals surface area contributed by atoms with Gasteiger partial charge in [-0.25, -0.2) is 4.79 Å². The van der Waals surface area contributed by atoms with Gasteiger partial charge < -0.3 is 41.1 Å². The summed E-state index contributed by atoms with van der Waals surface area (Å²) >= 11 is 0. The van der Waals surface area contributed by atoms with Crippen LogP contribution in [0.2, 0.25) is 0 Å². The largest absolute Gasteiger partial charge is 1.00 e. The van der Waals surface area contributed by atoms with E-state index in [4.69, 9.17) is 9.26 Å². The van der Waals surface area contributed by atoms with Crippen molar-refractivity contribution >= 4 is 17.7 Å². The summed E-state index contributed by atoms with van der Waals surface area (Å²) < 4.78 is 11.0. The molecule has 0 saturated carbocycles. The number of anilines is 1. The van der Waals surface area contributed by atoms with E-state index in [0.29, 0.717) is 28.0 Å². The zero-order valence-corrected chi connectivity index (χ0v) is 21.2. The van der Waals surface area contributed by atoms with Crippen LogP contribution in [0.25, 0.3) is 0 Å². The highest BCUT2D eigenvalue weighted by molar-refractivity contribution is 5.90. The summed E-state index contributed by atoms with van der Waals surface area (Å²) in [7, 11) is 2.03. The average Bonchev–Trinajstić information content (AvgIpc) is 3.35. The van der Waals surface area contributed by atoms with Crippen LogP contribution in [0.15, 0.2) is 77.5 Å². The van der Waals surface area contributed by atoms with Crippen molar-refractivity contribution in [2.75, 3.05) is 38.6 Å². The minimum absolute atomic E-state index is 0. The Labute approximate surface area is 215 Å². The lowest BCUT2D eigenvalue weighted by molar-refractivity contribution is -0.910. The predicted molar refractivity (Wildman–Crippen MR) is 125 cm³/mol. The van der Waals surface area contributed by atoms with Gasteiger partial charge in [0.25, 0.3) is 5.91 Å². The third-order valence-corrected chi connectivity index (χ3v) is 6.37. The molecule has 0 bridgehead atoms. The number of rotatable bonds is 8. The predicted octanol–water partition coefficient (Wildman–Crippen LogP) is -0.0470. The molecule has 4 rings (SSSR count). The number of halogens is 1. The molecule has 9 heteroatoms. The van der Waals surface area contributed by atoms with E-state index in [1.165, 1.54) is 6.26 Å². The molecule has 1 fully saturated rings. The second-order valence-corrected chi connectivity index (χ2v) is 9.17. The number of nitrogens with one attached hydrogen (secondary N) is 1. The Morgan fingerprint density at radius 2 is 1.74 bits per heavy atom. The molecule has 2 aromatic carbocycles. The average molecular weight is 544 g/mol. The van der Waals surface area contributed by atoms with E-state index < -0.39 is 11.6 Å². The minimum Gasteiger partial charge on any atom is -1.00 e. The van der Waals surface area contributed by atoms with Gasteiger partial charge in [-0.1, -0.05) is 65.8 Å². The van der Waals surface area contributed by atoms with Crippen LogP contribution in [0.3, 0.4) is 0 Å². The van der Waals surface area contributed by atoms with Gasteiger partial charge in [-0.3, -0.25) is 4.79 Å². The number of nitrogens with zero attached hydrogens (tertiary/aromatic N) is 2. The van der Waals surface area contributed by atoms with Gasteiger partial charge in [-0.2, -0.15) is 0 Å². The Morgan fingerprint density at radius 3 is 2.31 bits per heavy atom. The molecule has 3 aromatic rings. The van der Waals surface area contributed by atoms with Crippen molar-refractivity contribution in [2.24, 2.45) is 5.92 Å². The van der Waals surface area contributed by atoms with Crippen LogP contribution in [0.4, 0.5) is 5.82 Å². The highest BCUT2D eigenvalue weighted by atomic mass is 79.9. The molecular formula is C26H30BrN3O5. The van der Waals surface area contributed by atoms with Gasteiger partial charge >= 0.3 is 5.97 Å².